The number of nitrogen functional groups attached to an aromatic ring is 1. The second kappa shape index (κ2) is 3.85. The number of rotatable bonds is 2. The molecule has 1 aromatic heterocycles. The summed E-state index contributed by atoms with van der Waals surface area (Å²) in [5, 5.41) is 8.61. The maximum Gasteiger partial charge on any atom is 0.265 e. The van der Waals surface area contributed by atoms with Crippen LogP contribution in [0.15, 0.2) is 6.07 Å². The normalized spacial score (nSPS) is 10.8. The first-order valence-electron chi connectivity index (χ1n) is 3.40. The summed E-state index contributed by atoms with van der Waals surface area (Å²) in [6, 6.07) is 1.02. The van der Waals surface area contributed by atoms with Crippen LogP contribution in [0.4, 0.5) is 14.5 Å². The lowest BCUT2D eigenvalue weighted by Gasteiger charge is -2.07. The largest absolute Gasteiger partial charge is 0.396 e. The molecule has 6 heteroatoms. The van der Waals surface area contributed by atoms with E-state index in [4.69, 9.17) is 22.4 Å². The van der Waals surface area contributed by atoms with E-state index in [1.165, 1.54) is 0 Å². The second-order valence-electron chi connectivity index (χ2n) is 2.36. The van der Waals surface area contributed by atoms with E-state index in [0.717, 1.165) is 6.07 Å². The van der Waals surface area contributed by atoms with E-state index in [0.29, 0.717) is 0 Å². The van der Waals surface area contributed by atoms with Crippen molar-refractivity contribution in [3.63, 3.8) is 0 Å². The molecule has 0 saturated carbocycles. The molecule has 1 heterocycles. The molecule has 1 rings (SSSR count). The zero-order valence-corrected chi connectivity index (χ0v) is 7.22. The molecule has 0 atom stereocenters. The molecule has 1 aromatic rings. The Balaban J connectivity index is 3.25. The van der Waals surface area contributed by atoms with Crippen LogP contribution >= 0.6 is 11.6 Å². The van der Waals surface area contributed by atoms with Gasteiger partial charge >= 0.3 is 0 Å². The van der Waals surface area contributed by atoms with Crippen molar-refractivity contribution >= 4 is 17.3 Å². The summed E-state index contributed by atoms with van der Waals surface area (Å²) < 4.78 is 24.6. The number of aliphatic hydroxyl groups is 1. The fraction of sp³-hybridized carbons (Fsp3) is 0.286. The molecule has 0 aliphatic heterocycles. The van der Waals surface area contributed by atoms with E-state index in [2.05, 4.69) is 4.98 Å². The average Bonchev–Trinajstić information content (AvgIpc) is 2.08. The number of nitrogens with zero attached hydrogens (tertiary/aromatic N) is 1. The molecule has 0 aliphatic rings. The van der Waals surface area contributed by atoms with E-state index in [1.54, 1.807) is 0 Å². The lowest BCUT2D eigenvalue weighted by molar-refractivity contribution is 0.146. The highest BCUT2D eigenvalue weighted by molar-refractivity contribution is 6.31. The summed E-state index contributed by atoms with van der Waals surface area (Å²) in [4.78, 5) is 3.52. The fourth-order valence-corrected chi connectivity index (χ4v) is 1.03. The molecule has 0 fully saturated rings. The summed E-state index contributed by atoms with van der Waals surface area (Å²) in [7, 11) is 0. The molecular weight excluding hydrogens is 202 g/mol. The van der Waals surface area contributed by atoms with Crippen LogP contribution in [0.3, 0.4) is 0 Å². The third kappa shape index (κ3) is 2.05. The summed E-state index contributed by atoms with van der Waals surface area (Å²) in [6.07, 6.45) is -2.71. The van der Waals surface area contributed by atoms with Crippen molar-refractivity contribution in [3.8, 4) is 0 Å². The van der Waals surface area contributed by atoms with Crippen molar-refractivity contribution in [3.05, 3.63) is 22.5 Å². The average molecular weight is 209 g/mol. The van der Waals surface area contributed by atoms with Crippen molar-refractivity contribution < 1.29 is 13.9 Å². The Labute approximate surface area is 78.1 Å². The zero-order valence-electron chi connectivity index (χ0n) is 6.47. The highest BCUT2D eigenvalue weighted by atomic mass is 35.5. The van der Waals surface area contributed by atoms with Gasteiger partial charge in [-0.1, -0.05) is 11.6 Å². The van der Waals surface area contributed by atoms with Gasteiger partial charge in [0.1, 0.15) is 0 Å². The molecule has 0 spiro atoms. The van der Waals surface area contributed by atoms with Crippen LogP contribution in [-0.2, 0) is 6.61 Å². The highest BCUT2D eigenvalue weighted by Crippen LogP contribution is 2.27. The molecule has 3 N–H and O–H groups in total. The second-order valence-corrected chi connectivity index (χ2v) is 2.72. The minimum absolute atomic E-state index is 0.0193. The first kappa shape index (κ1) is 10.1. The van der Waals surface area contributed by atoms with Gasteiger partial charge in [-0.3, -0.25) is 0 Å². The molecule has 0 aliphatic carbocycles. The van der Waals surface area contributed by atoms with E-state index in [9.17, 15) is 8.78 Å². The van der Waals surface area contributed by atoms with Crippen LogP contribution in [0.2, 0.25) is 5.15 Å². The minimum atomic E-state index is -2.71. The SMILES string of the molecule is Nc1cc(C(F)F)c(CO)nc1Cl. The number of halogens is 3. The van der Waals surface area contributed by atoms with E-state index >= 15 is 0 Å². The summed E-state index contributed by atoms with van der Waals surface area (Å²) in [6.45, 7) is -0.584. The van der Waals surface area contributed by atoms with Crippen molar-refractivity contribution in [1.82, 2.24) is 4.98 Å². The van der Waals surface area contributed by atoms with Gasteiger partial charge in [0.15, 0.2) is 5.15 Å². The van der Waals surface area contributed by atoms with Gasteiger partial charge in [-0.15, -0.1) is 0 Å². The summed E-state index contributed by atoms with van der Waals surface area (Å²) in [5.74, 6) is 0. The quantitative estimate of drug-likeness (QED) is 0.728. The van der Waals surface area contributed by atoms with Gasteiger partial charge in [0, 0.05) is 5.56 Å². The topological polar surface area (TPSA) is 59.1 Å². The van der Waals surface area contributed by atoms with Gasteiger partial charge < -0.3 is 10.8 Å². The first-order valence-corrected chi connectivity index (χ1v) is 3.78. The molecule has 0 aromatic carbocycles. The van der Waals surface area contributed by atoms with Crippen LogP contribution < -0.4 is 5.73 Å². The van der Waals surface area contributed by atoms with Crippen LogP contribution in [-0.4, -0.2) is 10.1 Å². The molecule has 0 amide bonds. The third-order valence-electron chi connectivity index (χ3n) is 1.50. The zero-order chi connectivity index (χ0) is 10.0. The number of hydrogen-bond acceptors (Lipinski definition) is 3. The number of anilines is 1. The van der Waals surface area contributed by atoms with Gasteiger partial charge in [-0.2, -0.15) is 0 Å². The van der Waals surface area contributed by atoms with Crippen molar-refractivity contribution in [1.29, 1.82) is 0 Å². The van der Waals surface area contributed by atoms with Crippen molar-refractivity contribution in [2.45, 2.75) is 13.0 Å². The molecule has 72 valence electrons. The Morgan fingerprint density at radius 1 is 1.62 bits per heavy atom. The fourth-order valence-electron chi connectivity index (χ4n) is 0.874. The van der Waals surface area contributed by atoms with Crippen molar-refractivity contribution in [2.75, 3.05) is 5.73 Å². The molecule has 3 nitrogen and oxygen atoms in total. The lowest BCUT2D eigenvalue weighted by Crippen LogP contribution is -2.01. The molecule has 0 unspecified atom stereocenters. The number of aliphatic hydroxyl groups excluding tert-OH is 1. The maximum atomic E-state index is 12.3. The Hall–Kier alpha value is -0.940. The van der Waals surface area contributed by atoms with Gasteiger partial charge in [-0.25, -0.2) is 13.8 Å². The molecule has 0 saturated heterocycles. The molecule has 0 radical (unpaired) electrons. The number of alkyl halides is 2. The van der Waals surface area contributed by atoms with Crippen LogP contribution in [0, 0.1) is 0 Å². The number of pyridine rings is 1. The molecular formula is C7H7ClF2N2O. The highest BCUT2D eigenvalue weighted by Gasteiger charge is 2.15. The molecule has 0 bridgehead atoms. The Morgan fingerprint density at radius 2 is 2.23 bits per heavy atom. The van der Waals surface area contributed by atoms with Gasteiger partial charge in [0.05, 0.1) is 18.0 Å². The van der Waals surface area contributed by atoms with E-state index in [-0.39, 0.29) is 22.1 Å². The number of hydrogen-bond donors (Lipinski definition) is 2. The summed E-state index contributed by atoms with van der Waals surface area (Å²) in [5.41, 5.74) is 4.72. The summed E-state index contributed by atoms with van der Waals surface area (Å²) >= 11 is 5.48. The first-order chi connectivity index (χ1) is 6.06. The Kier molecular flexibility index (Phi) is 3.00. The van der Waals surface area contributed by atoms with Gasteiger partial charge in [0.2, 0.25) is 0 Å². The monoisotopic (exact) mass is 208 g/mol. The standard InChI is InChI=1S/C7H7ClF2N2O/c8-6-4(11)1-3(7(9)10)5(2-13)12-6/h1,7,13H,2,11H2. The third-order valence-corrected chi connectivity index (χ3v) is 1.80. The Bertz CT molecular complexity index is 320. The van der Waals surface area contributed by atoms with E-state index < -0.39 is 13.0 Å². The van der Waals surface area contributed by atoms with Gasteiger partial charge in [-0.05, 0) is 6.07 Å². The molecule has 13 heavy (non-hydrogen) atoms. The van der Waals surface area contributed by atoms with Crippen molar-refractivity contribution in [2.24, 2.45) is 0 Å². The number of aromatic nitrogens is 1. The van der Waals surface area contributed by atoms with Crippen LogP contribution in [0.25, 0.3) is 0 Å². The smallest absolute Gasteiger partial charge is 0.265 e. The predicted octanol–water partition coefficient (Wildman–Crippen LogP) is 1.75. The van der Waals surface area contributed by atoms with Crippen LogP contribution in [0.5, 0.6) is 0 Å². The van der Waals surface area contributed by atoms with Crippen LogP contribution in [0.1, 0.15) is 17.7 Å². The Morgan fingerprint density at radius 3 is 2.69 bits per heavy atom. The minimum Gasteiger partial charge on any atom is -0.396 e. The predicted molar refractivity (Wildman–Crippen MR) is 44.5 cm³/mol. The van der Waals surface area contributed by atoms with Gasteiger partial charge in [0.25, 0.3) is 6.43 Å². The number of nitrogens with two attached hydrogens (primary N) is 1. The maximum absolute atomic E-state index is 12.3. The lowest BCUT2D eigenvalue weighted by atomic mass is 10.2. The van der Waals surface area contributed by atoms with E-state index in [1.807, 2.05) is 0 Å².